The van der Waals surface area contributed by atoms with E-state index in [1.54, 1.807) is 0 Å². The molecular weight excluding hydrogens is 789 g/mol. The number of aromatic hydroxyl groups is 2. The molecule has 0 heterocycles. The largest absolute Gasteiger partial charge is 0.507 e. The van der Waals surface area contributed by atoms with Crippen LogP contribution in [0.5, 0.6) is 11.5 Å². The molecule has 6 rings (SSSR count). The van der Waals surface area contributed by atoms with Gasteiger partial charge in [0.05, 0.1) is 21.2 Å². The quantitative estimate of drug-likeness (QED) is 0.0657. The van der Waals surface area contributed by atoms with Gasteiger partial charge in [-0.3, -0.25) is 18.5 Å². The van der Waals surface area contributed by atoms with Crippen LogP contribution in [-0.2, 0) is 40.3 Å². The number of carbonyl (C=O) groups excluding carboxylic acids is 1. The van der Waals surface area contributed by atoms with E-state index in [-0.39, 0.29) is 54.1 Å². The van der Waals surface area contributed by atoms with Crippen molar-refractivity contribution in [2.75, 3.05) is 20.1 Å². The zero-order chi connectivity index (χ0) is 39.2. The van der Waals surface area contributed by atoms with E-state index in [1.807, 2.05) is 0 Å². The molecule has 6 aromatic carbocycles. The van der Waals surface area contributed by atoms with Crippen molar-refractivity contribution in [3.8, 4) is 11.5 Å². The number of rotatable bonds is 10. The first-order valence-electron chi connectivity index (χ1n) is 15.0. The van der Waals surface area contributed by atoms with Crippen LogP contribution in [-0.4, -0.2) is 59.0 Å². The van der Waals surface area contributed by atoms with E-state index in [1.165, 1.54) is 84.9 Å². The minimum Gasteiger partial charge on any atom is -0.507 e. The Kier molecular flexibility index (Phi) is 9.64. The maximum absolute atomic E-state index is 13.2. The molecule has 54 heavy (non-hydrogen) atoms. The lowest BCUT2D eigenvalue weighted by Gasteiger charge is -2.14. The summed E-state index contributed by atoms with van der Waals surface area (Å²) < 4.78 is 124. The molecule has 0 unspecified atom stereocenters. The van der Waals surface area contributed by atoms with E-state index in [4.69, 9.17) is 0 Å². The molecule has 0 aliphatic carbocycles. The van der Waals surface area contributed by atoms with Crippen molar-refractivity contribution in [3.63, 3.8) is 0 Å². The number of phenolic OH excluding ortho intramolecular Hbond substituents is 2. The maximum Gasteiger partial charge on any atom is 0.323 e. The Balaban J connectivity index is 1.12. The first-order valence-corrected chi connectivity index (χ1v) is 20.9. The van der Waals surface area contributed by atoms with Gasteiger partial charge in [0, 0.05) is 32.9 Å². The average molecular weight is 815 g/mol. The van der Waals surface area contributed by atoms with Gasteiger partial charge in [0.25, 0.3) is 40.3 Å². The summed E-state index contributed by atoms with van der Waals surface area (Å²) in [4.78, 5) is 11.0. The van der Waals surface area contributed by atoms with Crippen molar-refractivity contribution in [1.82, 2.24) is 0 Å². The predicted molar refractivity (Wildman–Crippen MR) is 198 cm³/mol. The monoisotopic (exact) mass is 814 g/mol. The van der Waals surface area contributed by atoms with Crippen molar-refractivity contribution in [3.05, 3.63) is 109 Å². The van der Waals surface area contributed by atoms with E-state index in [9.17, 15) is 57.8 Å². The number of hydrogen-bond acceptors (Lipinski definition) is 11. The predicted octanol–water partition coefficient (Wildman–Crippen LogP) is 5.14. The van der Waals surface area contributed by atoms with Crippen molar-refractivity contribution in [2.45, 2.75) is 19.6 Å². The van der Waals surface area contributed by atoms with Crippen LogP contribution >= 0.6 is 0 Å². The van der Waals surface area contributed by atoms with Gasteiger partial charge in [0.15, 0.2) is 0 Å². The summed E-state index contributed by atoms with van der Waals surface area (Å²) in [5.74, 6) is -1.01. The fraction of sp³-hybridized carbons (Fsp3) is 0. The molecule has 0 spiro atoms. The lowest BCUT2D eigenvalue weighted by atomic mass is 10.1. The van der Waals surface area contributed by atoms with Crippen LogP contribution in [0.2, 0.25) is 0 Å². The molecule has 0 atom stereocenters. The van der Waals surface area contributed by atoms with Gasteiger partial charge >= 0.3 is 6.03 Å². The Bertz CT molecular complexity index is 2740. The minimum atomic E-state index is -4.76. The Labute approximate surface area is 307 Å². The van der Waals surface area contributed by atoms with Gasteiger partial charge in [-0.2, -0.15) is 16.8 Å². The SMILES string of the molecule is O=C(Nc1ccc(S(=O)(=O)Nc2ccc(O)c3c(S(=O)(=O)O)cccc23)cc1)Nc1ccc(S(=O)(=O)Nc2ccc(O)c3c(S(=O)(=O)O)cccc23)cc1. The number of carbonyl (C=O) groups is 1. The molecule has 6 aromatic rings. The van der Waals surface area contributed by atoms with E-state index in [0.717, 1.165) is 24.3 Å². The van der Waals surface area contributed by atoms with Crippen LogP contribution in [0.3, 0.4) is 0 Å². The Morgan fingerprint density at radius 1 is 0.463 bits per heavy atom. The topological polar surface area (TPSA) is 283 Å². The van der Waals surface area contributed by atoms with Crippen molar-refractivity contribution in [2.24, 2.45) is 0 Å². The molecule has 0 saturated carbocycles. The minimum absolute atomic E-state index is 0.00613. The normalized spacial score (nSPS) is 12.3. The number of benzene rings is 6. The number of urea groups is 1. The van der Waals surface area contributed by atoms with Gasteiger partial charge in [0.2, 0.25) is 0 Å². The van der Waals surface area contributed by atoms with Crippen molar-refractivity contribution >= 4 is 90.6 Å². The zero-order valence-electron chi connectivity index (χ0n) is 27.0. The standard InChI is InChI=1S/C33H26N4O13S4/c38-27-17-15-25(23-3-1-5-29(31(23)27)53(45,46)47)36-51(41,42)21-11-7-19(8-12-21)34-33(40)35-20-9-13-22(14-10-20)52(43,44)37-26-16-18-28(39)32-24(26)4-2-6-30(32)54(48,49)50/h1-18,36-39H,(H2,34,35,40)(H,45,46,47)(H,48,49,50). The third kappa shape index (κ3) is 7.71. The third-order valence-electron chi connectivity index (χ3n) is 7.85. The summed E-state index contributed by atoms with van der Waals surface area (Å²) in [7, 11) is -18.1. The second-order valence-electron chi connectivity index (χ2n) is 11.4. The fourth-order valence-corrected chi connectivity index (χ4v) is 9.06. The van der Waals surface area contributed by atoms with Gasteiger partial charge in [-0.25, -0.2) is 21.6 Å². The van der Waals surface area contributed by atoms with Crippen molar-refractivity contribution < 1.29 is 57.8 Å². The molecule has 0 saturated heterocycles. The first-order chi connectivity index (χ1) is 25.2. The summed E-state index contributed by atoms with van der Waals surface area (Å²) in [6, 6.07) is 21.0. The number of hydrogen-bond donors (Lipinski definition) is 8. The van der Waals surface area contributed by atoms with Crippen LogP contribution < -0.4 is 20.1 Å². The average Bonchev–Trinajstić information content (AvgIpc) is 3.10. The molecule has 17 nitrogen and oxygen atoms in total. The van der Waals surface area contributed by atoms with Crippen LogP contribution in [0.1, 0.15) is 0 Å². The van der Waals surface area contributed by atoms with Gasteiger partial charge in [0.1, 0.15) is 21.3 Å². The van der Waals surface area contributed by atoms with Crippen LogP contribution in [0, 0.1) is 0 Å². The van der Waals surface area contributed by atoms with E-state index < -0.39 is 67.6 Å². The van der Waals surface area contributed by atoms with Crippen LogP contribution in [0.4, 0.5) is 27.5 Å². The molecule has 2 amide bonds. The van der Waals surface area contributed by atoms with E-state index in [2.05, 4.69) is 20.1 Å². The van der Waals surface area contributed by atoms with Crippen molar-refractivity contribution in [1.29, 1.82) is 0 Å². The summed E-state index contributed by atoms with van der Waals surface area (Å²) >= 11 is 0. The fourth-order valence-electron chi connectivity index (χ4n) is 5.45. The maximum atomic E-state index is 13.2. The van der Waals surface area contributed by atoms with Gasteiger partial charge < -0.3 is 20.8 Å². The second kappa shape index (κ2) is 13.8. The number of anilines is 4. The molecule has 0 aromatic heterocycles. The van der Waals surface area contributed by atoms with Gasteiger partial charge in [-0.15, -0.1) is 0 Å². The lowest BCUT2D eigenvalue weighted by molar-refractivity contribution is 0.262. The van der Waals surface area contributed by atoms with Gasteiger partial charge in [-0.1, -0.05) is 24.3 Å². The highest BCUT2D eigenvalue weighted by molar-refractivity contribution is 7.93. The summed E-state index contributed by atoms with van der Waals surface area (Å²) in [6.45, 7) is 0. The van der Waals surface area contributed by atoms with Crippen LogP contribution in [0.15, 0.2) is 129 Å². The number of sulfonamides is 2. The molecule has 0 aliphatic rings. The summed E-state index contributed by atoms with van der Waals surface area (Å²) in [5, 5.41) is 24.9. The number of amides is 2. The smallest absolute Gasteiger partial charge is 0.323 e. The van der Waals surface area contributed by atoms with Gasteiger partial charge in [-0.05, 0) is 84.9 Å². The molecule has 280 valence electrons. The highest BCUT2D eigenvalue weighted by Crippen LogP contribution is 2.38. The molecule has 8 N–H and O–H groups in total. The summed E-state index contributed by atoms with van der Waals surface area (Å²) in [6.07, 6.45) is 0. The lowest BCUT2D eigenvalue weighted by Crippen LogP contribution is -2.20. The molecule has 0 radical (unpaired) electrons. The zero-order valence-corrected chi connectivity index (χ0v) is 30.3. The highest BCUT2D eigenvalue weighted by atomic mass is 32.2. The Morgan fingerprint density at radius 2 is 0.815 bits per heavy atom. The molecule has 21 heteroatoms. The molecule has 0 aliphatic heterocycles. The Hall–Kier alpha value is -5.97. The Morgan fingerprint density at radius 3 is 1.15 bits per heavy atom. The first kappa shape index (κ1) is 37.8. The number of phenols is 2. The number of fused-ring (bicyclic) bond motifs is 2. The second-order valence-corrected chi connectivity index (χ2v) is 17.6. The molecular formula is C33H26N4O13S4. The highest BCUT2D eigenvalue weighted by Gasteiger charge is 2.23. The van der Waals surface area contributed by atoms with Crippen LogP contribution in [0.25, 0.3) is 21.5 Å². The molecule has 0 fully saturated rings. The summed E-state index contributed by atoms with van der Waals surface area (Å²) in [5.41, 5.74) is 0.155. The molecule has 0 bridgehead atoms. The third-order valence-corrected chi connectivity index (χ3v) is 12.4. The van der Waals surface area contributed by atoms with E-state index in [0.29, 0.717) is 0 Å². The van der Waals surface area contributed by atoms with E-state index >= 15 is 0 Å². The number of nitrogens with one attached hydrogen (secondary N) is 4.